The number of methoxy groups -OCH3 is 1. The van der Waals surface area contributed by atoms with Gasteiger partial charge in [-0.3, -0.25) is 4.79 Å². The van der Waals surface area contributed by atoms with E-state index in [0.717, 1.165) is 9.35 Å². The number of carboxylic acids is 1. The summed E-state index contributed by atoms with van der Waals surface area (Å²) in [6, 6.07) is 1.07. The fraction of sp³-hybridized carbons (Fsp3) is 0.500. The molecule has 0 aliphatic heterocycles. The van der Waals surface area contributed by atoms with Crippen molar-refractivity contribution in [2.24, 2.45) is 0 Å². The number of halogens is 1. The number of thiophene rings is 1. The fourth-order valence-electron chi connectivity index (χ4n) is 1.48. The minimum absolute atomic E-state index is 0.256. The van der Waals surface area contributed by atoms with Gasteiger partial charge in [0, 0.05) is 41.3 Å². The molecule has 106 valence electrons. The Morgan fingerprint density at radius 1 is 1.58 bits per heavy atom. The molecule has 0 fully saturated rings. The fourth-order valence-corrected chi connectivity index (χ4v) is 2.94. The van der Waals surface area contributed by atoms with Crippen LogP contribution >= 0.6 is 27.3 Å². The number of carbonyl (C=O) groups is 2. The molecule has 0 saturated carbocycles. The second-order valence-electron chi connectivity index (χ2n) is 3.97. The molecule has 7 heteroatoms. The first-order valence-corrected chi connectivity index (χ1v) is 7.44. The predicted molar refractivity (Wildman–Crippen MR) is 76.4 cm³/mol. The van der Waals surface area contributed by atoms with Crippen molar-refractivity contribution in [3.63, 3.8) is 0 Å². The van der Waals surface area contributed by atoms with Crippen molar-refractivity contribution in [2.45, 2.75) is 25.3 Å². The lowest BCUT2D eigenvalue weighted by atomic mass is 10.2. The number of carboxylic acid groups (broad SMARTS) is 1. The second kappa shape index (κ2) is 8.29. The van der Waals surface area contributed by atoms with Gasteiger partial charge < -0.3 is 15.2 Å². The summed E-state index contributed by atoms with van der Waals surface area (Å²) in [5, 5.41) is 13.4. The normalized spacial score (nSPS) is 12.1. The average molecular weight is 350 g/mol. The van der Waals surface area contributed by atoms with Crippen LogP contribution in [0.5, 0.6) is 0 Å². The Labute approximate surface area is 124 Å². The van der Waals surface area contributed by atoms with Crippen molar-refractivity contribution < 1.29 is 19.4 Å². The molecule has 1 rings (SSSR count). The maximum Gasteiger partial charge on any atom is 0.326 e. The first-order valence-electron chi connectivity index (χ1n) is 5.77. The summed E-state index contributed by atoms with van der Waals surface area (Å²) in [4.78, 5) is 23.7. The molecule has 0 radical (unpaired) electrons. The lowest BCUT2D eigenvalue weighted by Gasteiger charge is -2.13. The van der Waals surface area contributed by atoms with Gasteiger partial charge in [-0.15, -0.1) is 11.3 Å². The van der Waals surface area contributed by atoms with E-state index < -0.39 is 12.0 Å². The maximum absolute atomic E-state index is 11.7. The average Bonchev–Trinajstić information content (AvgIpc) is 2.77. The highest BCUT2D eigenvalue weighted by Crippen LogP contribution is 2.20. The van der Waals surface area contributed by atoms with Crippen molar-refractivity contribution in [1.29, 1.82) is 0 Å². The monoisotopic (exact) mass is 349 g/mol. The third-order valence-corrected chi connectivity index (χ3v) is 4.22. The Balaban J connectivity index is 2.37. The molecule has 1 aromatic heterocycles. The van der Waals surface area contributed by atoms with Gasteiger partial charge in [0.1, 0.15) is 6.04 Å². The number of ether oxygens (including phenoxy) is 1. The van der Waals surface area contributed by atoms with E-state index in [1.165, 1.54) is 7.11 Å². The van der Waals surface area contributed by atoms with Crippen molar-refractivity contribution in [2.75, 3.05) is 13.7 Å². The molecule has 0 aromatic carbocycles. The molecule has 2 N–H and O–H groups in total. The Morgan fingerprint density at radius 2 is 2.32 bits per heavy atom. The van der Waals surface area contributed by atoms with Crippen molar-refractivity contribution >= 4 is 39.1 Å². The van der Waals surface area contributed by atoms with E-state index in [4.69, 9.17) is 9.84 Å². The third-order valence-electron chi connectivity index (χ3n) is 2.46. The Hall–Kier alpha value is -0.920. The van der Waals surface area contributed by atoms with E-state index in [1.807, 2.05) is 11.4 Å². The summed E-state index contributed by atoms with van der Waals surface area (Å²) in [5.74, 6) is -1.29. The Morgan fingerprint density at radius 3 is 2.84 bits per heavy atom. The molecule has 0 bridgehead atoms. The number of amides is 1. The van der Waals surface area contributed by atoms with Crippen molar-refractivity contribution in [3.8, 4) is 0 Å². The molecule has 1 unspecified atom stereocenters. The van der Waals surface area contributed by atoms with Crippen LogP contribution in [-0.4, -0.2) is 36.7 Å². The minimum Gasteiger partial charge on any atom is -0.480 e. The zero-order valence-corrected chi connectivity index (χ0v) is 12.9. The van der Waals surface area contributed by atoms with Crippen LogP contribution in [0.3, 0.4) is 0 Å². The van der Waals surface area contributed by atoms with E-state index in [2.05, 4.69) is 21.2 Å². The largest absolute Gasteiger partial charge is 0.480 e. The molecule has 5 nitrogen and oxygen atoms in total. The van der Waals surface area contributed by atoms with Gasteiger partial charge in [-0.25, -0.2) is 4.79 Å². The maximum atomic E-state index is 11.7. The lowest BCUT2D eigenvalue weighted by molar-refractivity contribution is -0.142. The topological polar surface area (TPSA) is 75.6 Å². The van der Waals surface area contributed by atoms with Crippen molar-refractivity contribution in [3.05, 3.63) is 20.8 Å². The van der Waals surface area contributed by atoms with Crippen LogP contribution in [0.25, 0.3) is 0 Å². The zero-order valence-electron chi connectivity index (χ0n) is 10.5. The highest BCUT2D eigenvalue weighted by atomic mass is 79.9. The summed E-state index contributed by atoms with van der Waals surface area (Å²) in [6.45, 7) is 0.301. The molecule has 1 heterocycles. The number of hydrogen-bond acceptors (Lipinski definition) is 4. The van der Waals surface area contributed by atoms with E-state index in [0.29, 0.717) is 13.0 Å². The van der Waals surface area contributed by atoms with Gasteiger partial charge in [-0.1, -0.05) is 0 Å². The van der Waals surface area contributed by atoms with Gasteiger partial charge in [0.25, 0.3) is 0 Å². The van der Waals surface area contributed by atoms with Gasteiger partial charge >= 0.3 is 5.97 Å². The molecule has 1 aromatic rings. The zero-order chi connectivity index (χ0) is 14.3. The molecule has 1 atom stereocenters. The van der Waals surface area contributed by atoms with Gasteiger partial charge in [-0.05, 0) is 28.4 Å². The van der Waals surface area contributed by atoms with Crippen LogP contribution < -0.4 is 5.32 Å². The number of carbonyl (C=O) groups excluding carboxylic acids is 1. The number of aryl methyl sites for hydroxylation is 1. The molecule has 0 aliphatic carbocycles. The van der Waals surface area contributed by atoms with E-state index in [1.54, 1.807) is 11.3 Å². The number of aliphatic carboxylic acids is 1. The smallest absolute Gasteiger partial charge is 0.326 e. The summed E-state index contributed by atoms with van der Waals surface area (Å²) in [7, 11) is 1.50. The molecular weight excluding hydrogens is 334 g/mol. The summed E-state index contributed by atoms with van der Waals surface area (Å²) >= 11 is 4.91. The van der Waals surface area contributed by atoms with E-state index in [9.17, 15) is 9.59 Å². The molecular formula is C12H16BrNO4S. The molecule has 19 heavy (non-hydrogen) atoms. The standard InChI is InChI=1S/C12H16BrNO4S/c1-18-5-4-10(12(16)17)14-11(15)3-2-9-6-8(13)7-19-9/h6-7,10H,2-5H2,1H3,(H,14,15)(H,16,17). The lowest BCUT2D eigenvalue weighted by Crippen LogP contribution is -2.41. The highest BCUT2D eigenvalue weighted by molar-refractivity contribution is 9.10. The van der Waals surface area contributed by atoms with Crippen LogP contribution in [0, 0.1) is 0 Å². The van der Waals surface area contributed by atoms with Crippen LogP contribution in [0.15, 0.2) is 15.9 Å². The number of nitrogens with one attached hydrogen (secondary N) is 1. The van der Waals surface area contributed by atoms with Crippen molar-refractivity contribution in [1.82, 2.24) is 5.32 Å². The number of rotatable bonds is 8. The summed E-state index contributed by atoms with van der Waals surface area (Å²) in [5.41, 5.74) is 0. The van der Waals surface area contributed by atoms with Gasteiger partial charge in [0.15, 0.2) is 0 Å². The molecule has 0 spiro atoms. The predicted octanol–water partition coefficient (Wildman–Crippen LogP) is 2.05. The van der Waals surface area contributed by atoms with Crippen LogP contribution in [0.1, 0.15) is 17.7 Å². The summed E-state index contributed by atoms with van der Waals surface area (Å²) in [6.07, 6.45) is 1.16. The third kappa shape index (κ3) is 6.17. The first-order chi connectivity index (χ1) is 9.02. The summed E-state index contributed by atoms with van der Waals surface area (Å²) < 4.78 is 5.81. The van der Waals surface area contributed by atoms with Gasteiger partial charge in [-0.2, -0.15) is 0 Å². The first kappa shape index (κ1) is 16.1. The molecule has 0 aliphatic rings. The Bertz CT molecular complexity index is 435. The molecule has 1 amide bonds. The molecule has 0 saturated heterocycles. The quantitative estimate of drug-likeness (QED) is 0.753. The second-order valence-corrected chi connectivity index (χ2v) is 5.88. The van der Waals surface area contributed by atoms with Gasteiger partial charge in [0.2, 0.25) is 5.91 Å². The van der Waals surface area contributed by atoms with Crippen LogP contribution in [0.2, 0.25) is 0 Å². The Kier molecular flexibility index (Phi) is 7.04. The van der Waals surface area contributed by atoms with Gasteiger partial charge in [0.05, 0.1) is 0 Å². The minimum atomic E-state index is -1.04. The van der Waals surface area contributed by atoms with E-state index >= 15 is 0 Å². The van der Waals surface area contributed by atoms with Crippen LogP contribution in [-0.2, 0) is 20.7 Å². The SMILES string of the molecule is COCCC(NC(=O)CCc1cc(Br)cs1)C(=O)O. The number of hydrogen-bond donors (Lipinski definition) is 2. The van der Waals surface area contributed by atoms with E-state index in [-0.39, 0.29) is 18.7 Å². The highest BCUT2D eigenvalue weighted by Gasteiger charge is 2.19. The van der Waals surface area contributed by atoms with Crippen LogP contribution in [0.4, 0.5) is 0 Å².